The number of hydrogen-bond acceptors (Lipinski definition) is 4. The molecule has 1 atom stereocenters. The molecule has 0 saturated heterocycles. The van der Waals surface area contributed by atoms with E-state index < -0.39 is 5.41 Å². The van der Waals surface area contributed by atoms with E-state index in [4.69, 9.17) is 13.3 Å². The normalized spacial score (nSPS) is 13.8. The number of rotatable bonds is 9. The minimum Gasteiger partial charge on any atom is -0.455 e. The zero-order chi connectivity index (χ0) is 54.6. The van der Waals surface area contributed by atoms with Crippen molar-refractivity contribution in [3.63, 3.8) is 0 Å². The molecular weight excluding hydrogens is 1010 g/mol. The molecule has 13 aromatic carbocycles. The Morgan fingerprint density at radius 2 is 0.578 bits per heavy atom. The van der Waals surface area contributed by atoms with Crippen molar-refractivity contribution >= 4 is 82.9 Å². The Morgan fingerprint density at radius 3 is 1.06 bits per heavy atom. The number of fused-ring (bicyclic) bond motifs is 12. The van der Waals surface area contributed by atoms with Gasteiger partial charge in [-0.2, -0.15) is 0 Å². The maximum absolute atomic E-state index is 6.54. The number of nitrogens with zero attached hydrogens (tertiary/aromatic N) is 1. The van der Waals surface area contributed by atoms with Crippen molar-refractivity contribution in [2.75, 3.05) is 4.90 Å². The number of para-hydroxylation sites is 6. The fourth-order valence-electron chi connectivity index (χ4n) is 13.6. The Morgan fingerprint density at radius 1 is 0.229 bits per heavy atom. The molecular formula is C79H49NO3. The molecule has 16 aromatic rings. The minimum atomic E-state index is -0.589. The maximum Gasteiger partial charge on any atom is 0.143 e. The van der Waals surface area contributed by atoms with Crippen molar-refractivity contribution in [1.29, 1.82) is 0 Å². The highest BCUT2D eigenvalue weighted by atomic mass is 16.3. The van der Waals surface area contributed by atoms with Crippen LogP contribution in [0.1, 0.15) is 22.3 Å². The Balaban J connectivity index is 0.769. The average molecular weight is 1060 g/mol. The fourth-order valence-corrected chi connectivity index (χ4v) is 13.6. The lowest BCUT2D eigenvalue weighted by molar-refractivity contribution is 0.669. The molecule has 0 amide bonds. The summed E-state index contributed by atoms with van der Waals surface area (Å²) in [6.07, 6.45) is 0. The maximum atomic E-state index is 6.54. The molecule has 17 rings (SSSR count). The molecule has 1 aliphatic carbocycles. The lowest BCUT2D eigenvalue weighted by atomic mass is 9.67. The summed E-state index contributed by atoms with van der Waals surface area (Å²) < 4.78 is 19.6. The first-order valence-electron chi connectivity index (χ1n) is 28.4. The van der Waals surface area contributed by atoms with Gasteiger partial charge >= 0.3 is 0 Å². The minimum absolute atomic E-state index is 0.589. The topological polar surface area (TPSA) is 42.7 Å². The van der Waals surface area contributed by atoms with Gasteiger partial charge in [-0.25, -0.2) is 0 Å². The zero-order valence-corrected chi connectivity index (χ0v) is 45.0. The highest BCUT2D eigenvalue weighted by Crippen LogP contribution is 2.57. The van der Waals surface area contributed by atoms with Crippen LogP contribution >= 0.6 is 0 Å². The summed E-state index contributed by atoms with van der Waals surface area (Å²) in [4.78, 5) is 2.35. The van der Waals surface area contributed by atoms with Crippen LogP contribution in [0.25, 0.3) is 121 Å². The molecule has 1 unspecified atom stereocenters. The molecule has 3 aromatic heterocycles. The Bertz CT molecular complexity index is 5030. The van der Waals surface area contributed by atoms with Crippen molar-refractivity contribution in [3.8, 4) is 55.6 Å². The monoisotopic (exact) mass is 1060 g/mol. The highest BCUT2D eigenvalue weighted by molar-refractivity contribution is 6.12. The summed E-state index contributed by atoms with van der Waals surface area (Å²) >= 11 is 0. The molecule has 3 heterocycles. The van der Waals surface area contributed by atoms with Crippen LogP contribution in [0.5, 0.6) is 0 Å². The summed E-state index contributed by atoms with van der Waals surface area (Å²) in [5.74, 6) is 0. The summed E-state index contributed by atoms with van der Waals surface area (Å²) in [6, 6.07) is 107. The van der Waals surface area contributed by atoms with Crippen LogP contribution < -0.4 is 4.90 Å². The average Bonchev–Trinajstić information content (AvgIpc) is 2.01. The van der Waals surface area contributed by atoms with Crippen LogP contribution in [0.3, 0.4) is 0 Å². The van der Waals surface area contributed by atoms with Crippen molar-refractivity contribution in [2.45, 2.75) is 5.41 Å². The van der Waals surface area contributed by atoms with Crippen LogP contribution in [-0.4, -0.2) is 0 Å². The van der Waals surface area contributed by atoms with Crippen LogP contribution in [0.2, 0.25) is 0 Å². The van der Waals surface area contributed by atoms with Gasteiger partial charge in [-0.05, 0) is 122 Å². The third kappa shape index (κ3) is 7.26. The van der Waals surface area contributed by atoms with Crippen LogP contribution in [0.4, 0.5) is 17.1 Å². The van der Waals surface area contributed by atoms with Gasteiger partial charge in [0.2, 0.25) is 0 Å². The second kappa shape index (κ2) is 18.6. The standard InChI is InChI=1S/C79H49NO3/c1-2-15-55(16-3-1)79(56-40-31-51(32-41-56)60-21-12-24-68-65-18-5-9-28-73(65)81-76(60)68)71-27-8-4-17-63(71)64-48-39-54(49-72(64)79)50-33-42-57(43-34-50)80(58-44-35-52(36-45-58)61-22-13-25-69-66-19-6-10-29-74(66)82-77(61)69)59-46-37-53(38-47-59)62-23-14-26-70-67-20-7-11-30-75(67)83-78(62)70/h1-49H. The third-order valence-electron chi connectivity index (χ3n) is 17.4. The fraction of sp³-hybridized carbons (Fsp3) is 0.0127. The van der Waals surface area contributed by atoms with E-state index in [-0.39, 0.29) is 0 Å². The van der Waals surface area contributed by atoms with E-state index in [1.54, 1.807) is 0 Å². The molecule has 0 N–H and O–H groups in total. The van der Waals surface area contributed by atoms with Crippen LogP contribution in [0, 0.1) is 0 Å². The zero-order valence-electron chi connectivity index (χ0n) is 45.0. The lowest BCUT2D eigenvalue weighted by Gasteiger charge is -2.34. The summed E-state index contributed by atoms with van der Waals surface area (Å²) in [7, 11) is 0. The summed E-state index contributed by atoms with van der Waals surface area (Å²) in [5, 5.41) is 6.73. The van der Waals surface area contributed by atoms with Gasteiger partial charge in [0.15, 0.2) is 0 Å². The number of hydrogen-bond donors (Lipinski definition) is 0. The molecule has 1 aliphatic rings. The molecule has 83 heavy (non-hydrogen) atoms. The van der Waals surface area contributed by atoms with Gasteiger partial charge in [0.1, 0.15) is 33.5 Å². The number of anilines is 3. The SMILES string of the molecule is c1ccc(C2(c3ccc(-c4cccc5c4oc4ccccc45)cc3)c3ccccc3-c3ccc(-c4ccc(N(c5ccc(-c6cccc7c6oc6ccccc67)cc5)c5ccc(-c6cccc7c6oc6ccccc67)cc5)cc4)cc32)cc1. The summed E-state index contributed by atoms with van der Waals surface area (Å²) in [5.41, 5.74) is 24.1. The van der Waals surface area contributed by atoms with Gasteiger partial charge in [0.05, 0.1) is 5.41 Å². The van der Waals surface area contributed by atoms with Gasteiger partial charge in [-0.1, -0.05) is 237 Å². The van der Waals surface area contributed by atoms with Crippen LogP contribution in [-0.2, 0) is 5.41 Å². The smallest absolute Gasteiger partial charge is 0.143 e. The molecule has 4 nitrogen and oxygen atoms in total. The Hall–Kier alpha value is -10.9. The van der Waals surface area contributed by atoms with Gasteiger partial charge < -0.3 is 18.2 Å². The van der Waals surface area contributed by atoms with Gasteiger partial charge in [0.25, 0.3) is 0 Å². The molecule has 4 heteroatoms. The van der Waals surface area contributed by atoms with Crippen molar-refractivity contribution in [3.05, 3.63) is 320 Å². The second-order valence-corrected chi connectivity index (χ2v) is 21.8. The molecule has 0 saturated carbocycles. The van der Waals surface area contributed by atoms with E-state index in [1.807, 2.05) is 30.3 Å². The Kier molecular flexibility index (Phi) is 10.5. The molecule has 388 valence electrons. The predicted octanol–water partition coefficient (Wildman–Crippen LogP) is 21.9. The third-order valence-corrected chi connectivity index (χ3v) is 17.4. The lowest BCUT2D eigenvalue weighted by Crippen LogP contribution is -2.28. The van der Waals surface area contributed by atoms with Crippen molar-refractivity contribution < 1.29 is 13.3 Å². The van der Waals surface area contributed by atoms with E-state index in [0.717, 1.165) is 127 Å². The predicted molar refractivity (Wildman–Crippen MR) is 342 cm³/mol. The molecule has 0 bridgehead atoms. The first-order chi connectivity index (χ1) is 41.1. The Labute approximate surface area is 479 Å². The van der Waals surface area contributed by atoms with E-state index >= 15 is 0 Å². The number of benzene rings is 13. The quantitative estimate of drug-likeness (QED) is 0.144. The van der Waals surface area contributed by atoms with Gasteiger partial charge in [-0.15, -0.1) is 0 Å². The molecule has 0 spiro atoms. The largest absolute Gasteiger partial charge is 0.455 e. The van der Waals surface area contributed by atoms with E-state index in [2.05, 4.69) is 272 Å². The molecule has 0 aliphatic heterocycles. The first-order valence-corrected chi connectivity index (χ1v) is 28.4. The van der Waals surface area contributed by atoms with Crippen molar-refractivity contribution in [1.82, 2.24) is 0 Å². The summed E-state index contributed by atoms with van der Waals surface area (Å²) in [6.45, 7) is 0. The highest BCUT2D eigenvalue weighted by Gasteiger charge is 2.46. The number of furan rings is 3. The van der Waals surface area contributed by atoms with Gasteiger partial charge in [0, 0.05) is 66.1 Å². The van der Waals surface area contributed by atoms with E-state index in [1.165, 1.54) is 33.4 Å². The first kappa shape index (κ1) is 46.9. The van der Waals surface area contributed by atoms with E-state index in [0.29, 0.717) is 0 Å². The van der Waals surface area contributed by atoms with Gasteiger partial charge in [-0.3, -0.25) is 0 Å². The molecule has 0 radical (unpaired) electrons. The second-order valence-electron chi connectivity index (χ2n) is 21.8. The van der Waals surface area contributed by atoms with Crippen LogP contribution in [0.15, 0.2) is 311 Å². The van der Waals surface area contributed by atoms with Crippen molar-refractivity contribution in [2.24, 2.45) is 0 Å². The van der Waals surface area contributed by atoms with E-state index in [9.17, 15) is 0 Å². The molecule has 0 fully saturated rings.